The van der Waals surface area contributed by atoms with Crippen molar-refractivity contribution in [2.45, 2.75) is 26.6 Å². The van der Waals surface area contributed by atoms with Gasteiger partial charge >= 0.3 is 0 Å². The van der Waals surface area contributed by atoms with Crippen LogP contribution in [0.15, 0.2) is 41.1 Å². The topological polar surface area (TPSA) is 74.0 Å². The van der Waals surface area contributed by atoms with Crippen LogP contribution in [0.25, 0.3) is 0 Å². The van der Waals surface area contributed by atoms with E-state index in [4.69, 9.17) is 16.3 Å². The van der Waals surface area contributed by atoms with Crippen molar-refractivity contribution in [1.29, 1.82) is 0 Å². The van der Waals surface area contributed by atoms with Gasteiger partial charge in [-0.05, 0) is 41.1 Å². The summed E-state index contributed by atoms with van der Waals surface area (Å²) < 4.78 is 34.2. The van der Waals surface area contributed by atoms with E-state index in [1.165, 1.54) is 15.6 Å². The Morgan fingerprint density at radius 3 is 2.89 bits per heavy atom. The first-order valence-corrected chi connectivity index (χ1v) is 9.22. The van der Waals surface area contributed by atoms with Crippen molar-refractivity contribution in [2.75, 3.05) is 5.32 Å². The number of nitrogens with one attached hydrogen (secondary N) is 1. The van der Waals surface area contributed by atoms with Crippen molar-refractivity contribution in [3.05, 3.63) is 57.5 Å². The average molecular weight is 475 g/mol. The normalized spacial score (nSPS) is 11.1. The van der Waals surface area contributed by atoms with Crippen molar-refractivity contribution in [2.24, 2.45) is 0 Å². The number of anilines is 1. The number of carbonyl (C=O) groups excluding carboxylic acids is 1. The molecule has 0 atom stereocenters. The lowest BCUT2D eigenvalue weighted by atomic mass is 10.3. The molecule has 0 aliphatic heterocycles. The highest BCUT2D eigenvalue weighted by molar-refractivity contribution is 9.10. The zero-order valence-corrected chi connectivity index (χ0v) is 16.9. The Bertz CT molecular complexity index is 992. The van der Waals surface area contributed by atoms with Crippen LogP contribution in [0.4, 0.5) is 14.5 Å². The molecule has 11 heteroatoms. The van der Waals surface area contributed by atoms with E-state index in [0.717, 1.165) is 0 Å². The van der Waals surface area contributed by atoms with Gasteiger partial charge in [-0.15, -0.1) is 0 Å². The molecule has 0 spiro atoms. The third-order valence-corrected chi connectivity index (χ3v) is 4.95. The molecule has 3 rings (SSSR count). The quantitative estimate of drug-likeness (QED) is 0.550. The van der Waals surface area contributed by atoms with Crippen molar-refractivity contribution >= 4 is 39.1 Å². The van der Waals surface area contributed by atoms with Crippen LogP contribution in [-0.4, -0.2) is 25.5 Å². The van der Waals surface area contributed by atoms with E-state index in [1.54, 1.807) is 37.4 Å². The Kier molecular flexibility index (Phi) is 6.30. The maximum absolute atomic E-state index is 12.9. The van der Waals surface area contributed by atoms with Gasteiger partial charge in [0.15, 0.2) is 6.73 Å². The minimum absolute atomic E-state index is 0.124. The molecule has 0 saturated carbocycles. The lowest BCUT2D eigenvalue weighted by Gasteiger charge is -2.06. The molecule has 0 bridgehead atoms. The number of nitrogens with zero attached hydrogens (tertiary/aromatic N) is 4. The fourth-order valence-corrected chi connectivity index (χ4v) is 3.01. The molecule has 148 valence electrons. The van der Waals surface area contributed by atoms with Crippen LogP contribution in [0.2, 0.25) is 5.02 Å². The SMILES string of the molecule is Cc1c(Br)c(C(F)F)nn1CC(=O)Nc1cnn(COc2cccc(Cl)c2)c1. The molecule has 0 aliphatic rings. The maximum atomic E-state index is 12.9. The number of rotatable bonds is 7. The number of alkyl halides is 2. The second-order valence-corrected chi connectivity index (χ2v) is 7.02. The van der Waals surface area contributed by atoms with Gasteiger partial charge in [0.2, 0.25) is 5.91 Å². The van der Waals surface area contributed by atoms with Crippen molar-refractivity contribution in [3.63, 3.8) is 0 Å². The van der Waals surface area contributed by atoms with Gasteiger partial charge in [0.1, 0.15) is 18.0 Å². The minimum atomic E-state index is -2.73. The third-order valence-electron chi connectivity index (χ3n) is 3.73. The fourth-order valence-electron chi connectivity index (χ4n) is 2.37. The van der Waals surface area contributed by atoms with E-state index in [2.05, 4.69) is 31.4 Å². The van der Waals surface area contributed by atoms with Gasteiger partial charge in [-0.25, -0.2) is 13.5 Å². The van der Waals surface area contributed by atoms with E-state index in [9.17, 15) is 13.6 Å². The van der Waals surface area contributed by atoms with Crippen LogP contribution in [0.1, 0.15) is 17.8 Å². The summed E-state index contributed by atoms with van der Waals surface area (Å²) in [5.41, 5.74) is 0.491. The average Bonchev–Trinajstić information content (AvgIpc) is 3.19. The number of aromatic nitrogens is 4. The van der Waals surface area contributed by atoms with Gasteiger partial charge in [0, 0.05) is 5.02 Å². The molecule has 1 N–H and O–H groups in total. The zero-order chi connectivity index (χ0) is 20.3. The standard InChI is InChI=1S/C17H15BrClF2N5O2/c1-10-15(18)16(17(20)21)24-26(10)8-14(27)23-12-6-22-25(7-12)9-28-13-4-2-3-11(19)5-13/h2-7,17H,8-9H2,1H3,(H,23,27). The summed E-state index contributed by atoms with van der Waals surface area (Å²) in [6, 6.07) is 6.93. The van der Waals surface area contributed by atoms with E-state index in [1.807, 2.05) is 0 Å². The summed E-state index contributed by atoms with van der Waals surface area (Å²) in [6.45, 7) is 1.52. The second-order valence-electron chi connectivity index (χ2n) is 5.79. The molecule has 0 saturated heterocycles. The first-order chi connectivity index (χ1) is 13.3. The predicted molar refractivity (Wildman–Crippen MR) is 103 cm³/mol. The number of hydrogen-bond donors (Lipinski definition) is 1. The number of ether oxygens (including phenoxy) is 1. The molecule has 0 unspecified atom stereocenters. The van der Waals surface area contributed by atoms with Gasteiger partial charge in [-0.1, -0.05) is 17.7 Å². The Balaban J connectivity index is 1.57. The minimum Gasteiger partial charge on any atom is -0.471 e. The van der Waals surface area contributed by atoms with E-state index in [0.29, 0.717) is 22.2 Å². The van der Waals surface area contributed by atoms with Gasteiger partial charge in [-0.2, -0.15) is 10.2 Å². The summed E-state index contributed by atoms with van der Waals surface area (Å²) in [4.78, 5) is 12.2. The molecule has 1 amide bonds. The Morgan fingerprint density at radius 2 is 2.21 bits per heavy atom. The molecule has 0 aliphatic carbocycles. The summed E-state index contributed by atoms with van der Waals surface area (Å²) in [5, 5.41) is 11.1. The summed E-state index contributed by atoms with van der Waals surface area (Å²) in [6.07, 6.45) is 0.310. The predicted octanol–water partition coefficient (Wildman–Crippen LogP) is 4.42. The number of halogens is 4. The molecule has 0 fully saturated rings. The summed E-state index contributed by atoms with van der Waals surface area (Å²) in [5.74, 6) is 0.164. The van der Waals surface area contributed by atoms with Crippen LogP contribution in [-0.2, 0) is 18.1 Å². The molecule has 1 aromatic carbocycles. The second kappa shape index (κ2) is 8.70. The fraction of sp³-hybridized carbons (Fsp3) is 0.235. The largest absolute Gasteiger partial charge is 0.471 e. The Labute approximate surface area is 172 Å². The Hall–Kier alpha value is -2.46. The van der Waals surface area contributed by atoms with Gasteiger partial charge in [0.05, 0.1) is 28.2 Å². The molecular formula is C17H15BrClF2N5O2. The first-order valence-electron chi connectivity index (χ1n) is 8.05. The third kappa shape index (κ3) is 4.87. The summed E-state index contributed by atoms with van der Waals surface area (Å²) >= 11 is 8.96. The van der Waals surface area contributed by atoms with E-state index < -0.39 is 18.0 Å². The van der Waals surface area contributed by atoms with Crippen molar-refractivity contribution in [1.82, 2.24) is 19.6 Å². The van der Waals surface area contributed by atoms with E-state index >= 15 is 0 Å². The molecule has 28 heavy (non-hydrogen) atoms. The highest BCUT2D eigenvalue weighted by Gasteiger charge is 2.21. The summed E-state index contributed by atoms with van der Waals surface area (Å²) in [7, 11) is 0. The molecular weight excluding hydrogens is 460 g/mol. The molecule has 7 nitrogen and oxygen atoms in total. The first kappa shape index (κ1) is 20.3. The maximum Gasteiger partial charge on any atom is 0.283 e. The van der Waals surface area contributed by atoms with E-state index in [-0.39, 0.29) is 17.7 Å². The zero-order valence-electron chi connectivity index (χ0n) is 14.6. The lowest BCUT2D eigenvalue weighted by Crippen LogP contribution is -2.20. The smallest absolute Gasteiger partial charge is 0.283 e. The number of carbonyl (C=O) groups is 1. The van der Waals surface area contributed by atoms with Crippen LogP contribution in [0.3, 0.4) is 0 Å². The van der Waals surface area contributed by atoms with Crippen LogP contribution >= 0.6 is 27.5 Å². The van der Waals surface area contributed by atoms with Crippen LogP contribution < -0.4 is 10.1 Å². The molecule has 2 aromatic heterocycles. The highest BCUT2D eigenvalue weighted by atomic mass is 79.9. The molecule has 3 aromatic rings. The van der Waals surface area contributed by atoms with Crippen LogP contribution in [0.5, 0.6) is 5.75 Å². The lowest BCUT2D eigenvalue weighted by molar-refractivity contribution is -0.117. The van der Waals surface area contributed by atoms with Gasteiger partial charge < -0.3 is 10.1 Å². The monoisotopic (exact) mass is 473 g/mol. The highest BCUT2D eigenvalue weighted by Crippen LogP contribution is 2.29. The number of hydrogen-bond acceptors (Lipinski definition) is 4. The number of benzene rings is 1. The van der Waals surface area contributed by atoms with Crippen molar-refractivity contribution < 1.29 is 18.3 Å². The molecule has 2 heterocycles. The van der Waals surface area contributed by atoms with Gasteiger partial charge in [0.25, 0.3) is 6.43 Å². The van der Waals surface area contributed by atoms with Crippen molar-refractivity contribution in [3.8, 4) is 5.75 Å². The van der Waals surface area contributed by atoms with Crippen LogP contribution in [0, 0.1) is 6.92 Å². The molecule has 0 radical (unpaired) electrons. The number of amides is 1. The Morgan fingerprint density at radius 1 is 1.43 bits per heavy atom. The van der Waals surface area contributed by atoms with Gasteiger partial charge in [-0.3, -0.25) is 9.48 Å².